The summed E-state index contributed by atoms with van der Waals surface area (Å²) in [7, 11) is 0. The molecule has 6 nitrogen and oxygen atoms in total. The summed E-state index contributed by atoms with van der Waals surface area (Å²) < 4.78 is 2.73. The standard InChI is InChI=1S/C12H14BrN5O/c13-9-4-11(15-5-9)12(19)17-3-1-2-10(6-17)18-8-14-7-16-18/h4-5,7-8,10,15H,1-3,6H2/t10-/m0/s1. The third-order valence-corrected chi connectivity index (χ3v) is 3.83. The number of hydrogen-bond donors (Lipinski definition) is 1. The number of halogens is 1. The number of aromatic nitrogens is 4. The van der Waals surface area contributed by atoms with E-state index >= 15 is 0 Å². The van der Waals surface area contributed by atoms with E-state index in [9.17, 15) is 4.79 Å². The molecule has 2 aromatic rings. The fourth-order valence-corrected chi connectivity index (χ4v) is 2.77. The lowest BCUT2D eigenvalue weighted by Crippen LogP contribution is -2.41. The second-order valence-electron chi connectivity index (χ2n) is 4.65. The molecule has 3 heterocycles. The van der Waals surface area contributed by atoms with Crippen molar-refractivity contribution in [1.29, 1.82) is 0 Å². The van der Waals surface area contributed by atoms with Crippen molar-refractivity contribution in [3.8, 4) is 0 Å². The van der Waals surface area contributed by atoms with Gasteiger partial charge in [-0.2, -0.15) is 5.10 Å². The Bertz CT molecular complexity index is 564. The smallest absolute Gasteiger partial charge is 0.270 e. The van der Waals surface area contributed by atoms with Crippen LogP contribution >= 0.6 is 15.9 Å². The Morgan fingerprint density at radius 1 is 1.53 bits per heavy atom. The molecule has 0 aromatic carbocycles. The van der Waals surface area contributed by atoms with Crippen molar-refractivity contribution in [3.05, 3.63) is 35.1 Å². The molecule has 7 heteroatoms. The summed E-state index contributed by atoms with van der Waals surface area (Å²) in [5, 5.41) is 4.16. The molecular formula is C12H14BrN5O. The van der Waals surface area contributed by atoms with Crippen molar-refractivity contribution < 1.29 is 4.79 Å². The van der Waals surface area contributed by atoms with E-state index in [2.05, 4.69) is 31.0 Å². The average molecular weight is 324 g/mol. The Hall–Kier alpha value is -1.63. The van der Waals surface area contributed by atoms with Gasteiger partial charge in [-0.05, 0) is 34.8 Å². The number of nitrogens with zero attached hydrogens (tertiary/aromatic N) is 4. The molecule has 100 valence electrons. The lowest BCUT2D eigenvalue weighted by atomic mass is 10.1. The number of piperidine rings is 1. The molecule has 19 heavy (non-hydrogen) atoms. The summed E-state index contributed by atoms with van der Waals surface area (Å²) in [4.78, 5) is 21.2. The van der Waals surface area contributed by atoms with Crippen molar-refractivity contribution in [3.63, 3.8) is 0 Å². The van der Waals surface area contributed by atoms with Crippen molar-refractivity contribution >= 4 is 21.8 Å². The van der Waals surface area contributed by atoms with E-state index in [-0.39, 0.29) is 11.9 Å². The van der Waals surface area contributed by atoms with E-state index in [1.807, 2.05) is 9.58 Å². The monoisotopic (exact) mass is 323 g/mol. The molecule has 0 spiro atoms. The fraction of sp³-hybridized carbons (Fsp3) is 0.417. The molecule has 3 rings (SSSR count). The van der Waals surface area contributed by atoms with Crippen LogP contribution in [-0.4, -0.2) is 43.6 Å². The highest BCUT2D eigenvalue weighted by Crippen LogP contribution is 2.22. The average Bonchev–Trinajstić information content (AvgIpc) is 3.09. The first-order chi connectivity index (χ1) is 9.24. The second-order valence-corrected chi connectivity index (χ2v) is 5.57. The molecule has 0 bridgehead atoms. The molecule has 1 amide bonds. The van der Waals surface area contributed by atoms with Crippen molar-refractivity contribution in [2.45, 2.75) is 18.9 Å². The largest absolute Gasteiger partial charge is 0.356 e. The molecule has 0 radical (unpaired) electrons. The summed E-state index contributed by atoms with van der Waals surface area (Å²) in [5.74, 6) is 0.0375. The zero-order valence-electron chi connectivity index (χ0n) is 10.3. The van der Waals surface area contributed by atoms with Crippen LogP contribution in [0.3, 0.4) is 0 Å². The maximum Gasteiger partial charge on any atom is 0.270 e. The van der Waals surface area contributed by atoms with Crippen molar-refractivity contribution in [1.82, 2.24) is 24.6 Å². The minimum Gasteiger partial charge on any atom is -0.356 e. The van der Waals surface area contributed by atoms with Crippen molar-refractivity contribution in [2.24, 2.45) is 0 Å². The lowest BCUT2D eigenvalue weighted by Gasteiger charge is -2.32. The number of hydrogen-bond acceptors (Lipinski definition) is 3. The van der Waals surface area contributed by atoms with Gasteiger partial charge in [0, 0.05) is 23.8 Å². The minimum atomic E-state index is 0.0375. The Labute approximate surface area is 118 Å². The summed E-state index contributed by atoms with van der Waals surface area (Å²) >= 11 is 3.34. The molecular weight excluding hydrogens is 310 g/mol. The normalized spacial score (nSPS) is 19.6. The fourth-order valence-electron chi connectivity index (χ4n) is 2.42. The summed E-state index contributed by atoms with van der Waals surface area (Å²) in [6.45, 7) is 1.47. The molecule has 1 saturated heterocycles. The predicted octanol–water partition coefficient (Wildman–Crippen LogP) is 1.85. The first kappa shape index (κ1) is 12.4. The van der Waals surface area contributed by atoms with E-state index in [0.717, 1.165) is 23.9 Å². The van der Waals surface area contributed by atoms with Gasteiger partial charge in [-0.25, -0.2) is 9.67 Å². The van der Waals surface area contributed by atoms with Crippen LogP contribution in [0.25, 0.3) is 0 Å². The number of rotatable bonds is 2. The molecule has 0 saturated carbocycles. The molecule has 1 fully saturated rings. The number of H-pyrrole nitrogens is 1. The Kier molecular flexibility index (Phi) is 3.37. The number of carbonyl (C=O) groups excluding carboxylic acids is 1. The zero-order valence-corrected chi connectivity index (χ0v) is 11.9. The number of nitrogens with one attached hydrogen (secondary N) is 1. The van der Waals surface area contributed by atoms with Crippen LogP contribution in [0.5, 0.6) is 0 Å². The molecule has 1 atom stereocenters. The third-order valence-electron chi connectivity index (χ3n) is 3.37. The van der Waals surface area contributed by atoms with Crippen molar-refractivity contribution in [2.75, 3.05) is 13.1 Å². The number of aromatic amines is 1. The highest BCUT2D eigenvalue weighted by Gasteiger charge is 2.26. The predicted molar refractivity (Wildman–Crippen MR) is 72.7 cm³/mol. The third kappa shape index (κ3) is 2.56. The van der Waals surface area contributed by atoms with Crippen LogP contribution in [0.4, 0.5) is 0 Å². The van der Waals surface area contributed by atoms with Gasteiger partial charge in [0.1, 0.15) is 18.3 Å². The van der Waals surface area contributed by atoms with Crippen LogP contribution in [0.2, 0.25) is 0 Å². The lowest BCUT2D eigenvalue weighted by molar-refractivity contribution is 0.0667. The molecule has 0 aliphatic carbocycles. The minimum absolute atomic E-state index is 0.0375. The van der Waals surface area contributed by atoms with Gasteiger partial charge >= 0.3 is 0 Å². The van der Waals surface area contributed by atoms with E-state index < -0.39 is 0 Å². The van der Waals surface area contributed by atoms with Crippen LogP contribution in [-0.2, 0) is 0 Å². The van der Waals surface area contributed by atoms with E-state index in [1.54, 1.807) is 18.6 Å². The quantitative estimate of drug-likeness (QED) is 0.917. The van der Waals surface area contributed by atoms with Gasteiger partial charge < -0.3 is 9.88 Å². The molecule has 1 N–H and O–H groups in total. The maximum absolute atomic E-state index is 12.4. The van der Waals surface area contributed by atoms with Gasteiger partial charge in [0.25, 0.3) is 5.91 Å². The molecule has 1 aliphatic heterocycles. The highest BCUT2D eigenvalue weighted by atomic mass is 79.9. The van der Waals surface area contributed by atoms with Gasteiger partial charge in [-0.3, -0.25) is 4.79 Å². The first-order valence-corrected chi connectivity index (χ1v) is 7.00. The maximum atomic E-state index is 12.4. The SMILES string of the molecule is O=C(c1cc(Br)c[nH]1)N1CCC[C@H](n2cncn2)C1. The number of amides is 1. The van der Waals surface area contributed by atoms with Gasteiger partial charge in [0.05, 0.1) is 6.04 Å². The zero-order chi connectivity index (χ0) is 13.2. The van der Waals surface area contributed by atoms with E-state index in [1.165, 1.54) is 6.33 Å². The van der Waals surface area contributed by atoms with Gasteiger partial charge in [0.2, 0.25) is 0 Å². The van der Waals surface area contributed by atoms with Crippen LogP contribution in [0.15, 0.2) is 29.4 Å². The molecule has 1 aliphatic rings. The second kappa shape index (κ2) is 5.16. The molecule has 2 aromatic heterocycles. The summed E-state index contributed by atoms with van der Waals surface area (Å²) in [6.07, 6.45) is 7.03. The highest BCUT2D eigenvalue weighted by molar-refractivity contribution is 9.10. The van der Waals surface area contributed by atoms with Gasteiger partial charge in [-0.15, -0.1) is 0 Å². The van der Waals surface area contributed by atoms with Crippen LogP contribution in [0.1, 0.15) is 29.4 Å². The summed E-state index contributed by atoms with van der Waals surface area (Å²) in [5.41, 5.74) is 0.617. The Morgan fingerprint density at radius 2 is 2.42 bits per heavy atom. The number of carbonyl (C=O) groups is 1. The van der Waals surface area contributed by atoms with Crippen LogP contribution in [0, 0.1) is 0 Å². The molecule has 0 unspecified atom stereocenters. The number of likely N-dealkylation sites (tertiary alicyclic amines) is 1. The van der Waals surface area contributed by atoms with E-state index in [0.29, 0.717) is 12.2 Å². The van der Waals surface area contributed by atoms with Gasteiger partial charge in [0.15, 0.2) is 0 Å². The Balaban J connectivity index is 1.73. The topological polar surface area (TPSA) is 66.8 Å². The summed E-state index contributed by atoms with van der Waals surface area (Å²) in [6, 6.07) is 2.03. The van der Waals surface area contributed by atoms with Gasteiger partial charge in [-0.1, -0.05) is 0 Å². The van der Waals surface area contributed by atoms with E-state index in [4.69, 9.17) is 0 Å². The van der Waals surface area contributed by atoms with Crippen LogP contribution < -0.4 is 0 Å². The first-order valence-electron chi connectivity index (χ1n) is 6.21. The Morgan fingerprint density at radius 3 is 3.11 bits per heavy atom.